The largest absolute Gasteiger partial charge is 0.481 e. The number of aromatic nitrogens is 4. The van der Waals surface area contributed by atoms with Gasteiger partial charge in [0.2, 0.25) is 5.16 Å². The van der Waals surface area contributed by atoms with E-state index in [2.05, 4.69) is 31.5 Å². The average Bonchev–Trinajstić information content (AvgIpc) is 2.78. The van der Waals surface area contributed by atoms with E-state index in [-0.39, 0.29) is 5.75 Å². The lowest BCUT2D eigenvalue weighted by atomic mass is 10.2. The van der Waals surface area contributed by atoms with Crippen molar-refractivity contribution < 1.29 is 9.90 Å². The molecule has 0 saturated carbocycles. The van der Waals surface area contributed by atoms with Crippen LogP contribution in [0.4, 0.5) is 0 Å². The van der Waals surface area contributed by atoms with Crippen molar-refractivity contribution in [2.24, 2.45) is 0 Å². The molecule has 2 aromatic rings. The van der Waals surface area contributed by atoms with Crippen molar-refractivity contribution in [2.75, 3.05) is 5.75 Å². The van der Waals surface area contributed by atoms with Crippen molar-refractivity contribution in [1.82, 2.24) is 20.2 Å². The van der Waals surface area contributed by atoms with E-state index in [9.17, 15) is 4.79 Å². The Morgan fingerprint density at radius 3 is 3.00 bits per heavy atom. The van der Waals surface area contributed by atoms with Gasteiger partial charge < -0.3 is 5.11 Å². The molecule has 0 fully saturated rings. The van der Waals surface area contributed by atoms with Crippen LogP contribution >= 0.6 is 27.7 Å². The first-order chi connectivity index (χ1) is 8.58. The predicted octanol–water partition coefficient (Wildman–Crippen LogP) is 1.91. The Labute approximate surface area is 116 Å². The standard InChI is InChI=1S/C10H9BrN4O2S/c1-6-4-7(2-3-8(6)11)15-10(12-13-14-15)18-5-9(16)17/h2-4H,5H2,1H3,(H,16,17). The van der Waals surface area contributed by atoms with E-state index in [1.807, 2.05) is 25.1 Å². The first-order valence-electron chi connectivity index (χ1n) is 4.97. The Bertz CT molecular complexity index is 587. The Balaban J connectivity index is 2.30. The lowest BCUT2D eigenvalue weighted by Crippen LogP contribution is -2.03. The van der Waals surface area contributed by atoms with Crippen LogP contribution in [-0.4, -0.2) is 37.0 Å². The highest BCUT2D eigenvalue weighted by Crippen LogP contribution is 2.22. The fraction of sp³-hybridized carbons (Fsp3) is 0.200. The van der Waals surface area contributed by atoms with Crippen LogP contribution in [0.15, 0.2) is 27.8 Å². The molecule has 0 aliphatic rings. The van der Waals surface area contributed by atoms with Crippen LogP contribution < -0.4 is 0 Å². The molecule has 0 bridgehead atoms. The number of aryl methyl sites for hydroxylation is 1. The van der Waals surface area contributed by atoms with Crippen molar-refractivity contribution in [3.8, 4) is 5.69 Å². The summed E-state index contributed by atoms with van der Waals surface area (Å²) in [6, 6.07) is 5.68. The molecule has 0 unspecified atom stereocenters. The third kappa shape index (κ3) is 2.88. The van der Waals surface area contributed by atoms with Gasteiger partial charge in [0.15, 0.2) is 0 Å². The summed E-state index contributed by atoms with van der Waals surface area (Å²) < 4.78 is 2.52. The summed E-state index contributed by atoms with van der Waals surface area (Å²) in [5.41, 5.74) is 1.85. The molecule has 0 aliphatic heterocycles. The fourth-order valence-electron chi connectivity index (χ4n) is 1.32. The number of rotatable bonds is 4. The van der Waals surface area contributed by atoms with E-state index in [0.29, 0.717) is 5.16 Å². The molecule has 1 aromatic carbocycles. The minimum Gasteiger partial charge on any atom is -0.481 e. The molecule has 0 atom stereocenters. The third-order valence-electron chi connectivity index (χ3n) is 2.15. The van der Waals surface area contributed by atoms with Crippen LogP contribution in [0.2, 0.25) is 0 Å². The molecule has 0 spiro atoms. The van der Waals surface area contributed by atoms with Gasteiger partial charge >= 0.3 is 5.97 Å². The van der Waals surface area contributed by atoms with Gasteiger partial charge in [-0.05, 0) is 41.1 Å². The lowest BCUT2D eigenvalue weighted by Gasteiger charge is -2.05. The summed E-state index contributed by atoms with van der Waals surface area (Å²) in [5.74, 6) is -0.975. The van der Waals surface area contributed by atoms with Crippen LogP contribution in [0.3, 0.4) is 0 Å². The highest BCUT2D eigenvalue weighted by Gasteiger charge is 2.11. The van der Waals surface area contributed by atoms with Gasteiger partial charge in [0.25, 0.3) is 0 Å². The predicted molar refractivity (Wildman–Crippen MR) is 70.0 cm³/mol. The number of benzene rings is 1. The number of nitrogens with zero attached hydrogens (tertiary/aromatic N) is 4. The topological polar surface area (TPSA) is 80.9 Å². The number of halogens is 1. The van der Waals surface area contributed by atoms with Crippen LogP contribution in [-0.2, 0) is 4.79 Å². The number of tetrazole rings is 1. The van der Waals surface area contributed by atoms with E-state index in [4.69, 9.17) is 5.11 Å². The van der Waals surface area contributed by atoms with Gasteiger partial charge in [-0.2, -0.15) is 4.68 Å². The summed E-state index contributed by atoms with van der Waals surface area (Å²) in [7, 11) is 0. The number of carboxylic acid groups (broad SMARTS) is 1. The van der Waals surface area contributed by atoms with E-state index >= 15 is 0 Å². The molecular weight excluding hydrogens is 320 g/mol. The lowest BCUT2D eigenvalue weighted by molar-refractivity contribution is -0.133. The second-order valence-electron chi connectivity index (χ2n) is 3.49. The Kier molecular flexibility index (Phi) is 3.97. The highest BCUT2D eigenvalue weighted by molar-refractivity contribution is 9.10. The Morgan fingerprint density at radius 1 is 1.56 bits per heavy atom. The molecule has 6 nitrogen and oxygen atoms in total. The number of hydrogen-bond donors (Lipinski definition) is 1. The van der Waals surface area contributed by atoms with E-state index in [1.165, 1.54) is 4.68 Å². The quantitative estimate of drug-likeness (QED) is 0.863. The molecule has 2 rings (SSSR count). The maximum absolute atomic E-state index is 10.5. The number of aliphatic carboxylic acids is 1. The molecule has 0 aliphatic carbocycles. The van der Waals surface area contributed by atoms with Gasteiger partial charge in [-0.3, -0.25) is 4.79 Å². The van der Waals surface area contributed by atoms with Gasteiger partial charge in [-0.25, -0.2) is 0 Å². The molecule has 1 aromatic heterocycles. The minimum absolute atomic E-state index is 0.0735. The molecule has 0 saturated heterocycles. The summed E-state index contributed by atoms with van der Waals surface area (Å²) in [6.45, 7) is 1.96. The van der Waals surface area contributed by atoms with Gasteiger partial charge in [-0.1, -0.05) is 27.7 Å². The third-order valence-corrected chi connectivity index (χ3v) is 3.95. The molecule has 1 heterocycles. The molecule has 8 heteroatoms. The fourth-order valence-corrected chi connectivity index (χ4v) is 2.18. The molecule has 0 amide bonds. The molecule has 0 radical (unpaired) electrons. The minimum atomic E-state index is -0.901. The summed E-state index contributed by atoms with van der Waals surface area (Å²) in [5, 5.41) is 20.3. The second-order valence-corrected chi connectivity index (χ2v) is 5.29. The first-order valence-corrected chi connectivity index (χ1v) is 6.75. The SMILES string of the molecule is Cc1cc(-n2nnnc2SCC(=O)O)ccc1Br. The smallest absolute Gasteiger partial charge is 0.313 e. The van der Waals surface area contributed by atoms with Gasteiger partial charge in [0, 0.05) is 4.47 Å². The monoisotopic (exact) mass is 328 g/mol. The van der Waals surface area contributed by atoms with Crippen LogP contribution in [0.25, 0.3) is 5.69 Å². The Hall–Kier alpha value is -1.41. The zero-order valence-electron chi connectivity index (χ0n) is 9.37. The van der Waals surface area contributed by atoms with E-state index < -0.39 is 5.97 Å². The molecule has 94 valence electrons. The van der Waals surface area contributed by atoms with Crippen molar-refractivity contribution in [3.63, 3.8) is 0 Å². The molecular formula is C10H9BrN4O2S. The van der Waals surface area contributed by atoms with Crippen molar-refractivity contribution >= 4 is 33.7 Å². The Morgan fingerprint density at radius 2 is 2.33 bits per heavy atom. The zero-order valence-corrected chi connectivity index (χ0v) is 11.8. The highest BCUT2D eigenvalue weighted by atomic mass is 79.9. The van der Waals surface area contributed by atoms with Crippen molar-refractivity contribution in [2.45, 2.75) is 12.1 Å². The van der Waals surface area contributed by atoms with Crippen molar-refractivity contribution in [1.29, 1.82) is 0 Å². The maximum atomic E-state index is 10.5. The first kappa shape index (κ1) is 13.0. The van der Waals surface area contributed by atoms with Crippen LogP contribution in [0.1, 0.15) is 5.56 Å². The normalized spacial score (nSPS) is 10.6. The zero-order chi connectivity index (χ0) is 13.1. The van der Waals surface area contributed by atoms with Crippen molar-refractivity contribution in [3.05, 3.63) is 28.2 Å². The maximum Gasteiger partial charge on any atom is 0.313 e. The second kappa shape index (κ2) is 5.49. The molecule has 1 N–H and O–H groups in total. The van der Waals surface area contributed by atoms with E-state index in [0.717, 1.165) is 27.5 Å². The van der Waals surface area contributed by atoms with Gasteiger partial charge in [0.05, 0.1) is 11.4 Å². The number of carbonyl (C=O) groups is 1. The van der Waals surface area contributed by atoms with Crippen LogP contribution in [0.5, 0.6) is 0 Å². The number of thioether (sulfide) groups is 1. The number of hydrogen-bond acceptors (Lipinski definition) is 5. The van der Waals surface area contributed by atoms with Gasteiger partial charge in [-0.15, -0.1) is 5.10 Å². The summed E-state index contributed by atoms with van der Waals surface area (Å²) >= 11 is 4.50. The van der Waals surface area contributed by atoms with Crippen LogP contribution in [0, 0.1) is 6.92 Å². The number of carboxylic acids is 1. The van der Waals surface area contributed by atoms with Gasteiger partial charge in [0.1, 0.15) is 0 Å². The van der Waals surface area contributed by atoms with E-state index in [1.54, 1.807) is 0 Å². The molecule has 18 heavy (non-hydrogen) atoms. The summed E-state index contributed by atoms with van der Waals surface area (Å²) in [4.78, 5) is 10.5. The summed E-state index contributed by atoms with van der Waals surface area (Å²) in [6.07, 6.45) is 0. The average molecular weight is 329 g/mol.